The zero-order chi connectivity index (χ0) is 18.6. The molecule has 1 aromatic carbocycles. The highest BCUT2D eigenvalue weighted by Gasteiger charge is 2.31. The van der Waals surface area contributed by atoms with Crippen LogP contribution in [0.2, 0.25) is 0 Å². The Hall–Kier alpha value is -2.11. The smallest absolute Gasteiger partial charge is 0.223 e. The van der Waals surface area contributed by atoms with Crippen molar-refractivity contribution in [3.63, 3.8) is 0 Å². The normalized spacial score (nSPS) is 21.4. The number of ether oxygens (including phenoxy) is 1. The van der Waals surface area contributed by atoms with Crippen molar-refractivity contribution in [3.8, 4) is 5.75 Å². The number of pyridine rings is 1. The van der Waals surface area contributed by atoms with Gasteiger partial charge in [0.05, 0.1) is 13.2 Å². The van der Waals surface area contributed by atoms with Gasteiger partial charge in [-0.1, -0.05) is 12.1 Å². The lowest BCUT2D eigenvalue weighted by Crippen LogP contribution is -2.49. The molecule has 0 radical (unpaired) electrons. The van der Waals surface area contributed by atoms with Gasteiger partial charge in [0.1, 0.15) is 5.75 Å². The number of fused-ring (bicyclic) bond motifs is 1. The summed E-state index contributed by atoms with van der Waals surface area (Å²) in [6.07, 6.45) is 7.51. The fraction of sp³-hybridized carbons (Fsp3) is 0.455. The summed E-state index contributed by atoms with van der Waals surface area (Å²) in [5, 5.41) is 3.41. The van der Waals surface area contributed by atoms with Crippen molar-refractivity contribution < 1.29 is 9.53 Å². The van der Waals surface area contributed by atoms with Crippen molar-refractivity contribution in [1.82, 2.24) is 15.2 Å². The minimum Gasteiger partial charge on any atom is -0.497 e. The van der Waals surface area contributed by atoms with E-state index in [-0.39, 0.29) is 24.4 Å². The van der Waals surface area contributed by atoms with E-state index < -0.39 is 0 Å². The number of halogens is 1. The van der Waals surface area contributed by atoms with Gasteiger partial charge in [0, 0.05) is 38.4 Å². The molecule has 1 aliphatic carbocycles. The van der Waals surface area contributed by atoms with Gasteiger partial charge in [-0.25, -0.2) is 0 Å². The summed E-state index contributed by atoms with van der Waals surface area (Å²) in [5.41, 5.74) is 3.76. The molecule has 2 aliphatic rings. The van der Waals surface area contributed by atoms with E-state index in [9.17, 15) is 4.79 Å². The SMILES string of the molecule is COc1ccc2c(c1)CCCC2CC(=O)N1CCNCC1c1cccnc1.Cl. The van der Waals surface area contributed by atoms with Gasteiger partial charge in [0.15, 0.2) is 0 Å². The third-order valence-corrected chi connectivity index (χ3v) is 5.84. The fourth-order valence-electron chi connectivity index (χ4n) is 4.43. The number of hydrogen-bond acceptors (Lipinski definition) is 4. The van der Waals surface area contributed by atoms with E-state index in [0.29, 0.717) is 12.3 Å². The molecule has 1 N–H and O–H groups in total. The van der Waals surface area contributed by atoms with E-state index in [1.54, 1.807) is 13.3 Å². The summed E-state index contributed by atoms with van der Waals surface area (Å²) < 4.78 is 5.37. The molecule has 28 heavy (non-hydrogen) atoms. The third-order valence-electron chi connectivity index (χ3n) is 5.84. The van der Waals surface area contributed by atoms with Crippen molar-refractivity contribution in [2.75, 3.05) is 26.7 Å². The maximum Gasteiger partial charge on any atom is 0.223 e. The molecule has 2 heterocycles. The van der Waals surface area contributed by atoms with Crippen LogP contribution in [0.15, 0.2) is 42.7 Å². The minimum absolute atomic E-state index is 0. The number of carbonyl (C=O) groups excluding carboxylic acids is 1. The average molecular weight is 402 g/mol. The number of carbonyl (C=O) groups is 1. The van der Waals surface area contributed by atoms with Crippen LogP contribution in [0.3, 0.4) is 0 Å². The predicted octanol–water partition coefficient (Wildman–Crippen LogP) is 3.50. The molecule has 150 valence electrons. The molecule has 2 unspecified atom stereocenters. The summed E-state index contributed by atoms with van der Waals surface area (Å²) in [5.74, 6) is 1.45. The first-order valence-electron chi connectivity index (χ1n) is 9.83. The molecule has 0 bridgehead atoms. The number of aryl methyl sites for hydroxylation is 1. The van der Waals surface area contributed by atoms with Crippen LogP contribution in [0.4, 0.5) is 0 Å². The Morgan fingerprint density at radius 2 is 2.25 bits per heavy atom. The Labute approximate surface area is 172 Å². The van der Waals surface area contributed by atoms with Gasteiger partial charge in [-0.15, -0.1) is 12.4 Å². The number of hydrogen-bond donors (Lipinski definition) is 1. The van der Waals surface area contributed by atoms with Crippen LogP contribution in [-0.4, -0.2) is 42.5 Å². The lowest BCUT2D eigenvalue weighted by atomic mass is 9.80. The number of rotatable bonds is 4. The molecule has 2 atom stereocenters. The molecular formula is C22H28ClN3O2. The molecule has 0 spiro atoms. The van der Waals surface area contributed by atoms with Crippen LogP contribution in [0.5, 0.6) is 5.75 Å². The van der Waals surface area contributed by atoms with Gasteiger partial charge in [0.2, 0.25) is 5.91 Å². The number of aromatic nitrogens is 1. The van der Waals surface area contributed by atoms with E-state index in [2.05, 4.69) is 28.5 Å². The van der Waals surface area contributed by atoms with E-state index in [1.807, 2.05) is 23.2 Å². The second-order valence-electron chi connectivity index (χ2n) is 7.45. The largest absolute Gasteiger partial charge is 0.497 e. The van der Waals surface area contributed by atoms with Crippen molar-refractivity contribution in [2.45, 2.75) is 37.6 Å². The first-order valence-corrected chi connectivity index (χ1v) is 9.83. The molecule has 5 nitrogen and oxygen atoms in total. The Morgan fingerprint density at radius 3 is 3.04 bits per heavy atom. The quantitative estimate of drug-likeness (QED) is 0.851. The first kappa shape index (κ1) is 20.6. The van der Waals surface area contributed by atoms with E-state index in [4.69, 9.17) is 4.74 Å². The van der Waals surface area contributed by atoms with Crippen molar-refractivity contribution in [2.24, 2.45) is 0 Å². The van der Waals surface area contributed by atoms with Gasteiger partial charge in [0.25, 0.3) is 0 Å². The molecule has 1 saturated heterocycles. The summed E-state index contributed by atoms with van der Waals surface area (Å²) in [6, 6.07) is 10.4. The number of amides is 1. The molecule has 6 heteroatoms. The van der Waals surface area contributed by atoms with E-state index >= 15 is 0 Å². The second kappa shape index (κ2) is 9.39. The van der Waals surface area contributed by atoms with E-state index in [0.717, 1.165) is 50.2 Å². The lowest BCUT2D eigenvalue weighted by Gasteiger charge is -2.37. The molecule has 1 aliphatic heterocycles. The highest BCUT2D eigenvalue weighted by Crippen LogP contribution is 2.37. The highest BCUT2D eigenvalue weighted by atomic mass is 35.5. The average Bonchev–Trinajstić information content (AvgIpc) is 2.74. The molecule has 1 aromatic heterocycles. The Balaban J connectivity index is 0.00000225. The molecule has 1 fully saturated rings. The van der Waals surface area contributed by atoms with Gasteiger partial charge in [-0.3, -0.25) is 9.78 Å². The zero-order valence-corrected chi connectivity index (χ0v) is 17.1. The number of nitrogens with one attached hydrogen (secondary N) is 1. The summed E-state index contributed by atoms with van der Waals surface area (Å²) in [4.78, 5) is 19.5. The van der Waals surface area contributed by atoms with Gasteiger partial charge < -0.3 is 15.0 Å². The maximum absolute atomic E-state index is 13.2. The van der Waals surface area contributed by atoms with Crippen LogP contribution in [-0.2, 0) is 11.2 Å². The number of piperazine rings is 1. The molecule has 1 amide bonds. The maximum atomic E-state index is 13.2. The lowest BCUT2D eigenvalue weighted by molar-refractivity contribution is -0.135. The summed E-state index contributed by atoms with van der Waals surface area (Å²) in [6.45, 7) is 2.39. The van der Waals surface area contributed by atoms with Crippen LogP contribution in [0.1, 0.15) is 47.9 Å². The first-order chi connectivity index (χ1) is 13.3. The summed E-state index contributed by atoms with van der Waals surface area (Å²) >= 11 is 0. The van der Waals surface area contributed by atoms with Gasteiger partial charge in [-0.05, 0) is 60.1 Å². The summed E-state index contributed by atoms with van der Waals surface area (Å²) in [7, 11) is 1.70. The third kappa shape index (κ3) is 4.31. The molecule has 4 rings (SSSR count). The number of nitrogens with zero attached hydrogens (tertiary/aromatic N) is 2. The Kier molecular flexibility index (Phi) is 6.92. The number of benzene rings is 1. The molecule has 0 saturated carbocycles. The zero-order valence-electron chi connectivity index (χ0n) is 16.3. The van der Waals surface area contributed by atoms with Crippen LogP contribution in [0, 0.1) is 0 Å². The van der Waals surface area contributed by atoms with Crippen molar-refractivity contribution >= 4 is 18.3 Å². The van der Waals surface area contributed by atoms with Crippen LogP contribution >= 0.6 is 12.4 Å². The minimum atomic E-state index is 0. The topological polar surface area (TPSA) is 54.5 Å². The monoisotopic (exact) mass is 401 g/mol. The molecule has 2 aromatic rings. The standard InChI is InChI=1S/C22H27N3O2.ClH/c1-27-19-7-8-20-16(12-19)4-2-5-17(20)13-22(26)25-11-10-24-15-21(25)18-6-3-9-23-14-18;/h3,6-9,12,14,17,21,24H,2,4-5,10-11,13,15H2,1H3;1H. The fourth-order valence-corrected chi connectivity index (χ4v) is 4.43. The second-order valence-corrected chi connectivity index (χ2v) is 7.45. The molecular weight excluding hydrogens is 374 g/mol. The predicted molar refractivity (Wildman–Crippen MR) is 112 cm³/mol. The van der Waals surface area contributed by atoms with Crippen molar-refractivity contribution in [1.29, 1.82) is 0 Å². The highest BCUT2D eigenvalue weighted by molar-refractivity contribution is 5.85. The van der Waals surface area contributed by atoms with Crippen LogP contribution < -0.4 is 10.1 Å². The van der Waals surface area contributed by atoms with Gasteiger partial charge >= 0.3 is 0 Å². The van der Waals surface area contributed by atoms with Crippen LogP contribution in [0.25, 0.3) is 0 Å². The number of methoxy groups -OCH3 is 1. The Morgan fingerprint density at radius 1 is 1.36 bits per heavy atom. The van der Waals surface area contributed by atoms with Gasteiger partial charge in [-0.2, -0.15) is 0 Å². The van der Waals surface area contributed by atoms with Crippen molar-refractivity contribution in [3.05, 3.63) is 59.4 Å². The Bertz CT molecular complexity index is 800. The van der Waals surface area contributed by atoms with E-state index in [1.165, 1.54) is 11.1 Å².